The Morgan fingerprint density at radius 3 is 2.79 bits per heavy atom. The van der Waals surface area contributed by atoms with Crippen LogP contribution in [0.4, 0.5) is 26.1 Å². The summed E-state index contributed by atoms with van der Waals surface area (Å²) in [4.78, 5) is 30.0. The highest BCUT2D eigenvalue weighted by atomic mass is 32.1. The predicted molar refractivity (Wildman–Crippen MR) is 148 cm³/mol. The van der Waals surface area contributed by atoms with Crippen molar-refractivity contribution in [3.8, 4) is 10.4 Å². The van der Waals surface area contributed by atoms with Gasteiger partial charge in [-0.2, -0.15) is 0 Å². The van der Waals surface area contributed by atoms with E-state index < -0.39 is 17.7 Å². The number of benzene rings is 2. The van der Waals surface area contributed by atoms with Gasteiger partial charge in [-0.15, -0.1) is 11.3 Å². The number of carbonyl (C=O) groups is 1. The number of pyridine rings is 1. The number of amides is 1. The highest BCUT2D eigenvalue weighted by Crippen LogP contribution is 2.34. The van der Waals surface area contributed by atoms with E-state index in [1.165, 1.54) is 12.4 Å². The summed E-state index contributed by atoms with van der Waals surface area (Å²) in [6, 6.07) is 14.9. The van der Waals surface area contributed by atoms with Crippen molar-refractivity contribution in [3.63, 3.8) is 0 Å². The lowest BCUT2D eigenvalue weighted by atomic mass is 10.0. The van der Waals surface area contributed by atoms with Crippen molar-refractivity contribution >= 4 is 45.5 Å². The van der Waals surface area contributed by atoms with Gasteiger partial charge in [-0.3, -0.25) is 4.79 Å². The molecule has 1 amide bonds. The Morgan fingerprint density at radius 1 is 1.08 bits per heavy atom. The number of nitrogens with one attached hydrogen (secondary N) is 2. The van der Waals surface area contributed by atoms with Gasteiger partial charge in [0.2, 0.25) is 0 Å². The summed E-state index contributed by atoms with van der Waals surface area (Å²) in [7, 11) is 0. The molecule has 11 heteroatoms. The van der Waals surface area contributed by atoms with E-state index in [-0.39, 0.29) is 12.6 Å². The molecule has 3 aromatic heterocycles. The quantitative estimate of drug-likeness (QED) is 0.248. The first-order chi connectivity index (χ1) is 18.9. The Bertz CT molecular complexity index is 1720. The van der Waals surface area contributed by atoms with Gasteiger partial charge in [-0.05, 0) is 60.5 Å². The van der Waals surface area contributed by atoms with Gasteiger partial charge in [0.15, 0.2) is 11.6 Å². The van der Waals surface area contributed by atoms with Crippen molar-refractivity contribution < 1.29 is 13.6 Å². The fraction of sp³-hybridized carbons (Fsp3) is 0.143. The van der Waals surface area contributed by atoms with Gasteiger partial charge < -0.3 is 21.3 Å². The molecule has 1 aliphatic heterocycles. The van der Waals surface area contributed by atoms with Crippen LogP contribution in [0.1, 0.15) is 33.8 Å². The molecule has 6 rings (SSSR count). The average molecular weight is 544 g/mol. The van der Waals surface area contributed by atoms with E-state index in [1.54, 1.807) is 35.4 Å². The predicted octanol–water partition coefficient (Wildman–Crippen LogP) is 5.81. The van der Waals surface area contributed by atoms with Crippen LogP contribution in [0.3, 0.4) is 0 Å². The first kappa shape index (κ1) is 24.7. The van der Waals surface area contributed by atoms with Gasteiger partial charge in [0.05, 0.1) is 30.5 Å². The molecule has 4 heterocycles. The number of anilines is 3. The number of nitrogens with two attached hydrogens (primary N) is 1. The summed E-state index contributed by atoms with van der Waals surface area (Å²) in [6.45, 7) is 2.46. The zero-order valence-electron chi connectivity index (χ0n) is 20.8. The van der Waals surface area contributed by atoms with E-state index in [0.29, 0.717) is 35.0 Å². The molecule has 1 aliphatic rings. The van der Waals surface area contributed by atoms with E-state index in [0.717, 1.165) is 38.4 Å². The zero-order valence-corrected chi connectivity index (χ0v) is 21.6. The van der Waals surface area contributed by atoms with E-state index in [9.17, 15) is 13.6 Å². The molecule has 4 N–H and O–H groups in total. The normalized spacial score (nSPS) is 13.7. The summed E-state index contributed by atoms with van der Waals surface area (Å²) in [6.07, 6.45) is 3.09. The van der Waals surface area contributed by atoms with Gasteiger partial charge in [-0.1, -0.05) is 12.1 Å². The molecule has 0 bridgehead atoms. The Kier molecular flexibility index (Phi) is 6.27. The van der Waals surface area contributed by atoms with Crippen molar-refractivity contribution in [2.45, 2.75) is 19.5 Å². The zero-order chi connectivity index (χ0) is 27.1. The number of rotatable bonds is 6. The van der Waals surface area contributed by atoms with E-state index >= 15 is 0 Å². The van der Waals surface area contributed by atoms with Crippen LogP contribution >= 0.6 is 11.3 Å². The number of hydrogen-bond donors (Lipinski definition) is 3. The van der Waals surface area contributed by atoms with Gasteiger partial charge in [0.1, 0.15) is 23.5 Å². The molecule has 196 valence electrons. The maximum Gasteiger partial charge on any atom is 0.261 e. The minimum Gasteiger partial charge on any atom is -0.383 e. The van der Waals surface area contributed by atoms with Crippen molar-refractivity contribution in [2.75, 3.05) is 23.0 Å². The molecule has 8 nitrogen and oxygen atoms in total. The first-order valence-corrected chi connectivity index (χ1v) is 13.0. The highest BCUT2D eigenvalue weighted by Gasteiger charge is 2.31. The summed E-state index contributed by atoms with van der Waals surface area (Å²) in [5.74, 6) is -1.24. The van der Waals surface area contributed by atoms with Crippen molar-refractivity contribution in [1.82, 2.24) is 19.9 Å². The number of halogens is 2. The molecule has 0 radical (unpaired) electrons. The summed E-state index contributed by atoms with van der Waals surface area (Å²) >= 11 is 1.61. The lowest BCUT2D eigenvalue weighted by molar-refractivity contribution is 0.0696. The standard InChI is InChI=1S/C28H23F2N7OS/c1-15(16-2-5-20(29)21(30)11-16)37-14-36-23-8-9-32-27(25(23)28(37)38)33-12-18-4-7-24(39-18)17-3-6-22-19(10-17)26(31)35-13-34-22/h2-11,13,15,36H,12,14H2,1H3,(H,32,33)(H2,31,34,35)/t15-/m0/s1. The third kappa shape index (κ3) is 4.61. The molecular formula is C28H23F2N7OS. The molecule has 0 unspecified atom stereocenters. The van der Waals surface area contributed by atoms with Crippen LogP contribution in [0.25, 0.3) is 21.3 Å². The molecule has 0 aliphatic carbocycles. The maximum atomic E-state index is 13.8. The smallest absolute Gasteiger partial charge is 0.261 e. The fourth-order valence-corrected chi connectivity index (χ4v) is 5.58. The third-order valence-corrected chi connectivity index (χ3v) is 7.94. The topological polar surface area (TPSA) is 109 Å². The van der Waals surface area contributed by atoms with Crippen LogP contribution in [0.5, 0.6) is 0 Å². The molecule has 0 spiro atoms. The second kappa shape index (κ2) is 9.91. The van der Waals surface area contributed by atoms with Crippen LogP contribution in [0.2, 0.25) is 0 Å². The number of carbonyl (C=O) groups excluding carboxylic acids is 1. The van der Waals surface area contributed by atoms with E-state index in [1.807, 2.05) is 30.3 Å². The number of thiophene rings is 1. The molecule has 39 heavy (non-hydrogen) atoms. The second-order valence-corrected chi connectivity index (χ2v) is 10.3. The Hall–Kier alpha value is -4.64. The van der Waals surface area contributed by atoms with Crippen LogP contribution in [-0.4, -0.2) is 32.4 Å². The minimum atomic E-state index is -0.947. The molecule has 2 aromatic carbocycles. The average Bonchev–Trinajstić information content (AvgIpc) is 3.42. The van der Waals surface area contributed by atoms with Gasteiger partial charge in [0, 0.05) is 21.3 Å². The lowest BCUT2D eigenvalue weighted by Crippen LogP contribution is -2.42. The largest absolute Gasteiger partial charge is 0.383 e. The molecule has 0 saturated heterocycles. The lowest BCUT2D eigenvalue weighted by Gasteiger charge is -2.35. The molecule has 0 saturated carbocycles. The third-order valence-electron chi connectivity index (χ3n) is 6.80. The Labute approximate surface area is 226 Å². The Morgan fingerprint density at radius 2 is 1.95 bits per heavy atom. The van der Waals surface area contributed by atoms with Gasteiger partial charge in [-0.25, -0.2) is 23.7 Å². The molecule has 5 aromatic rings. The van der Waals surface area contributed by atoms with Crippen LogP contribution in [0.15, 0.2) is 67.1 Å². The number of fused-ring (bicyclic) bond motifs is 2. The SMILES string of the molecule is C[C@@H](c1ccc(F)c(F)c1)N1CNc2ccnc(NCc3ccc(-c4ccc5ncnc(N)c5c4)s3)c2C1=O. The van der Waals surface area contributed by atoms with E-state index in [2.05, 4.69) is 25.6 Å². The number of hydrogen-bond acceptors (Lipinski definition) is 8. The molecular weight excluding hydrogens is 520 g/mol. The van der Waals surface area contributed by atoms with E-state index in [4.69, 9.17) is 5.73 Å². The molecule has 0 fully saturated rings. The molecule has 1 atom stereocenters. The minimum absolute atomic E-state index is 0.227. The maximum absolute atomic E-state index is 13.8. The van der Waals surface area contributed by atoms with Crippen LogP contribution in [0, 0.1) is 11.6 Å². The second-order valence-electron chi connectivity index (χ2n) is 9.15. The summed E-state index contributed by atoms with van der Waals surface area (Å²) in [5.41, 5.74) is 9.39. The van der Waals surface area contributed by atoms with Crippen molar-refractivity contribution in [1.29, 1.82) is 0 Å². The Balaban J connectivity index is 1.21. The van der Waals surface area contributed by atoms with Gasteiger partial charge >= 0.3 is 0 Å². The monoisotopic (exact) mass is 543 g/mol. The highest BCUT2D eigenvalue weighted by molar-refractivity contribution is 7.15. The van der Waals surface area contributed by atoms with Crippen LogP contribution < -0.4 is 16.4 Å². The van der Waals surface area contributed by atoms with Gasteiger partial charge in [0.25, 0.3) is 5.91 Å². The number of aromatic nitrogens is 3. The summed E-state index contributed by atoms with van der Waals surface area (Å²) in [5, 5.41) is 7.35. The van der Waals surface area contributed by atoms with Crippen LogP contribution in [-0.2, 0) is 6.54 Å². The number of nitrogens with zero attached hydrogens (tertiary/aromatic N) is 4. The van der Waals surface area contributed by atoms with Crippen molar-refractivity contribution in [2.24, 2.45) is 0 Å². The first-order valence-electron chi connectivity index (χ1n) is 12.2. The summed E-state index contributed by atoms with van der Waals surface area (Å²) < 4.78 is 27.3. The fourth-order valence-electron chi connectivity index (χ4n) is 4.64. The number of nitrogen functional groups attached to an aromatic ring is 1. The van der Waals surface area contributed by atoms with Crippen molar-refractivity contribution in [3.05, 3.63) is 94.8 Å².